The molecule has 28 heavy (non-hydrogen) atoms. The largest absolute Gasteiger partial charge is 0.351 e. The van der Waals surface area contributed by atoms with Crippen molar-refractivity contribution in [2.75, 3.05) is 5.75 Å². The van der Waals surface area contributed by atoms with E-state index in [0.717, 1.165) is 16.8 Å². The molecule has 3 rings (SSSR count). The lowest BCUT2D eigenvalue weighted by Crippen LogP contribution is -2.41. The Balaban J connectivity index is 2.13. The molecule has 0 atom stereocenters. The zero-order valence-corrected chi connectivity index (χ0v) is 17.7. The molecule has 5 nitrogen and oxygen atoms in total. The van der Waals surface area contributed by atoms with Gasteiger partial charge in [-0.05, 0) is 57.9 Å². The molecule has 0 unspecified atom stereocenters. The molecule has 3 aromatic rings. The molecule has 1 amide bonds. The zero-order valence-electron chi connectivity index (χ0n) is 16.9. The van der Waals surface area contributed by atoms with E-state index in [2.05, 4.69) is 5.32 Å². The van der Waals surface area contributed by atoms with Gasteiger partial charge in [0.2, 0.25) is 5.91 Å². The van der Waals surface area contributed by atoms with Gasteiger partial charge < -0.3 is 5.32 Å². The third-order valence-corrected chi connectivity index (χ3v) is 5.19. The van der Waals surface area contributed by atoms with Gasteiger partial charge in [0.25, 0.3) is 5.56 Å². The van der Waals surface area contributed by atoms with Crippen molar-refractivity contribution in [2.45, 2.75) is 45.3 Å². The van der Waals surface area contributed by atoms with Gasteiger partial charge in [0, 0.05) is 5.54 Å². The quantitative estimate of drug-likeness (QED) is 0.535. The maximum absolute atomic E-state index is 13.3. The number of carbonyl (C=O) groups is 1. The number of nitrogens with one attached hydrogen (secondary N) is 1. The van der Waals surface area contributed by atoms with Crippen LogP contribution >= 0.6 is 11.8 Å². The van der Waals surface area contributed by atoms with Gasteiger partial charge in [-0.2, -0.15) is 0 Å². The summed E-state index contributed by atoms with van der Waals surface area (Å²) in [6.07, 6.45) is 0. The van der Waals surface area contributed by atoms with Gasteiger partial charge >= 0.3 is 0 Å². The van der Waals surface area contributed by atoms with Crippen LogP contribution in [0.4, 0.5) is 0 Å². The first-order valence-electron chi connectivity index (χ1n) is 9.19. The number of nitrogens with zero attached hydrogens (tertiary/aromatic N) is 2. The molecule has 0 saturated heterocycles. The van der Waals surface area contributed by atoms with E-state index < -0.39 is 0 Å². The second-order valence-electron chi connectivity index (χ2n) is 7.88. The molecule has 6 heteroatoms. The van der Waals surface area contributed by atoms with Crippen LogP contribution in [0.5, 0.6) is 0 Å². The van der Waals surface area contributed by atoms with Gasteiger partial charge in [-0.3, -0.25) is 14.2 Å². The Bertz CT molecular complexity index is 1080. The molecule has 2 aromatic carbocycles. The summed E-state index contributed by atoms with van der Waals surface area (Å²) in [5.74, 6) is 0.0976. The molecule has 146 valence electrons. The number of aryl methyl sites for hydroxylation is 2. The Morgan fingerprint density at radius 3 is 2.36 bits per heavy atom. The summed E-state index contributed by atoms with van der Waals surface area (Å²) in [5.41, 5.74) is 3.00. The fraction of sp³-hybridized carbons (Fsp3) is 0.318. The first-order valence-corrected chi connectivity index (χ1v) is 10.2. The number of benzene rings is 2. The van der Waals surface area contributed by atoms with Crippen molar-refractivity contribution < 1.29 is 4.79 Å². The van der Waals surface area contributed by atoms with Crippen LogP contribution in [-0.2, 0) is 4.79 Å². The molecule has 0 aliphatic heterocycles. The Kier molecular flexibility index (Phi) is 5.61. The summed E-state index contributed by atoms with van der Waals surface area (Å²) in [7, 11) is 0. The highest BCUT2D eigenvalue weighted by Gasteiger charge is 2.19. The molecular formula is C22H25N3O2S. The molecule has 1 aromatic heterocycles. The third-order valence-electron chi connectivity index (χ3n) is 4.25. The topological polar surface area (TPSA) is 64.0 Å². The molecule has 0 aliphatic carbocycles. The van der Waals surface area contributed by atoms with E-state index >= 15 is 0 Å². The minimum Gasteiger partial charge on any atom is -0.351 e. The Morgan fingerprint density at radius 2 is 1.71 bits per heavy atom. The molecule has 0 aliphatic rings. The average molecular weight is 396 g/mol. The first kappa shape index (κ1) is 20.1. The zero-order chi connectivity index (χ0) is 20.5. The van der Waals surface area contributed by atoms with Crippen LogP contribution < -0.4 is 10.9 Å². The number of aromatic nitrogens is 2. The maximum Gasteiger partial charge on any atom is 0.266 e. The van der Waals surface area contributed by atoms with Gasteiger partial charge in [-0.15, -0.1) is 0 Å². The van der Waals surface area contributed by atoms with Crippen LogP contribution in [0.25, 0.3) is 16.6 Å². The number of amides is 1. The number of hydrogen-bond acceptors (Lipinski definition) is 4. The Labute approximate surface area is 169 Å². The highest BCUT2D eigenvalue weighted by Crippen LogP contribution is 2.25. The van der Waals surface area contributed by atoms with E-state index in [1.54, 1.807) is 10.6 Å². The van der Waals surface area contributed by atoms with Crippen LogP contribution in [0.15, 0.2) is 52.4 Å². The van der Waals surface area contributed by atoms with Gasteiger partial charge in [-0.1, -0.05) is 42.1 Å². The monoisotopic (exact) mass is 395 g/mol. The van der Waals surface area contributed by atoms with Crippen LogP contribution in [-0.4, -0.2) is 26.8 Å². The average Bonchev–Trinajstić information content (AvgIpc) is 2.60. The van der Waals surface area contributed by atoms with Crippen molar-refractivity contribution in [1.82, 2.24) is 14.9 Å². The highest BCUT2D eigenvalue weighted by atomic mass is 32.2. The van der Waals surface area contributed by atoms with E-state index in [1.807, 2.05) is 71.0 Å². The molecule has 0 radical (unpaired) electrons. The van der Waals surface area contributed by atoms with Crippen LogP contribution in [0.3, 0.4) is 0 Å². The lowest BCUT2D eigenvalue weighted by molar-refractivity contribution is -0.119. The standard InChI is InChI=1S/C22H25N3O2S/c1-14-9-8-10-15(2)19(14)25-20(27)16-11-6-7-12-17(16)23-21(25)28-13-18(26)24-22(3,4)5/h6-12H,13H2,1-5H3,(H,24,26). The van der Waals surface area contributed by atoms with Crippen molar-refractivity contribution in [3.63, 3.8) is 0 Å². The predicted molar refractivity (Wildman–Crippen MR) is 115 cm³/mol. The summed E-state index contributed by atoms with van der Waals surface area (Å²) in [6.45, 7) is 9.78. The lowest BCUT2D eigenvalue weighted by atomic mass is 10.1. The van der Waals surface area contributed by atoms with Crippen LogP contribution in [0, 0.1) is 13.8 Å². The van der Waals surface area contributed by atoms with Crippen molar-refractivity contribution >= 4 is 28.6 Å². The SMILES string of the molecule is Cc1cccc(C)c1-n1c(SCC(=O)NC(C)(C)C)nc2ccccc2c1=O. The van der Waals surface area contributed by atoms with Crippen LogP contribution in [0.2, 0.25) is 0 Å². The fourth-order valence-corrected chi connectivity index (χ4v) is 3.95. The van der Waals surface area contributed by atoms with E-state index in [0.29, 0.717) is 16.1 Å². The third kappa shape index (κ3) is 4.28. The number of para-hydroxylation sites is 2. The second kappa shape index (κ2) is 7.80. The molecule has 0 bridgehead atoms. The number of hydrogen-bond donors (Lipinski definition) is 1. The second-order valence-corrected chi connectivity index (χ2v) is 8.82. The van der Waals surface area contributed by atoms with Crippen molar-refractivity contribution in [3.8, 4) is 5.69 Å². The summed E-state index contributed by atoms with van der Waals surface area (Å²) in [6, 6.07) is 13.2. The number of fused-ring (bicyclic) bond motifs is 1. The lowest BCUT2D eigenvalue weighted by Gasteiger charge is -2.21. The molecule has 1 N–H and O–H groups in total. The molecule has 0 spiro atoms. The molecule has 0 fully saturated rings. The number of rotatable bonds is 4. The van der Waals surface area contributed by atoms with E-state index in [-0.39, 0.29) is 22.8 Å². The molecule has 1 heterocycles. The molecule has 0 saturated carbocycles. The van der Waals surface area contributed by atoms with Crippen molar-refractivity contribution in [1.29, 1.82) is 0 Å². The predicted octanol–water partition coefficient (Wildman–Crippen LogP) is 4.01. The van der Waals surface area contributed by atoms with Gasteiger partial charge in [-0.25, -0.2) is 4.98 Å². The first-order chi connectivity index (χ1) is 13.2. The van der Waals surface area contributed by atoms with E-state index in [1.165, 1.54) is 11.8 Å². The normalized spacial score (nSPS) is 11.6. The molecular weight excluding hydrogens is 370 g/mol. The minimum atomic E-state index is -0.305. The van der Waals surface area contributed by atoms with Gasteiger partial charge in [0.05, 0.1) is 22.3 Å². The summed E-state index contributed by atoms with van der Waals surface area (Å²) < 4.78 is 1.64. The van der Waals surface area contributed by atoms with E-state index in [4.69, 9.17) is 4.98 Å². The Morgan fingerprint density at radius 1 is 1.07 bits per heavy atom. The summed E-state index contributed by atoms with van der Waals surface area (Å²) >= 11 is 1.28. The fourth-order valence-electron chi connectivity index (χ4n) is 3.15. The van der Waals surface area contributed by atoms with Gasteiger partial charge in [0.15, 0.2) is 5.16 Å². The van der Waals surface area contributed by atoms with Crippen molar-refractivity contribution in [2.24, 2.45) is 0 Å². The van der Waals surface area contributed by atoms with E-state index in [9.17, 15) is 9.59 Å². The number of thioether (sulfide) groups is 1. The van der Waals surface area contributed by atoms with Crippen LogP contribution in [0.1, 0.15) is 31.9 Å². The smallest absolute Gasteiger partial charge is 0.266 e. The maximum atomic E-state index is 13.3. The highest BCUT2D eigenvalue weighted by molar-refractivity contribution is 7.99. The Hall–Kier alpha value is -2.60. The summed E-state index contributed by atoms with van der Waals surface area (Å²) in [5, 5.41) is 4.03. The number of carbonyl (C=O) groups excluding carboxylic acids is 1. The van der Waals surface area contributed by atoms with Crippen molar-refractivity contribution in [3.05, 3.63) is 63.9 Å². The van der Waals surface area contributed by atoms with Gasteiger partial charge in [0.1, 0.15) is 0 Å². The summed E-state index contributed by atoms with van der Waals surface area (Å²) in [4.78, 5) is 30.4. The minimum absolute atomic E-state index is 0.0898.